The van der Waals surface area contributed by atoms with Crippen LogP contribution >= 0.6 is 11.3 Å². The molecule has 2 aromatic rings. The lowest BCUT2D eigenvalue weighted by atomic mass is 10.1. The number of rotatable bonds is 5. The minimum atomic E-state index is -0.530. The fourth-order valence-corrected chi connectivity index (χ4v) is 2.45. The van der Waals surface area contributed by atoms with Crippen LogP contribution in [0.1, 0.15) is 42.8 Å². The summed E-state index contributed by atoms with van der Waals surface area (Å²) < 4.78 is 0. The Hall–Kier alpha value is -1.46. The summed E-state index contributed by atoms with van der Waals surface area (Å²) in [6.45, 7) is 6.57. The first-order chi connectivity index (χ1) is 9.06. The average molecular weight is 277 g/mol. The topological polar surface area (TPSA) is 58.0 Å². The number of thiophene rings is 1. The van der Waals surface area contributed by atoms with Crippen molar-refractivity contribution in [2.75, 3.05) is 11.9 Å². The Bertz CT molecular complexity index is 525. The van der Waals surface area contributed by atoms with Gasteiger partial charge in [0.15, 0.2) is 0 Å². The van der Waals surface area contributed by atoms with Gasteiger partial charge in [-0.3, -0.25) is 0 Å². The molecule has 0 fully saturated rings. The van der Waals surface area contributed by atoms with E-state index >= 15 is 0 Å². The second-order valence-corrected chi connectivity index (χ2v) is 5.65. The van der Waals surface area contributed by atoms with E-state index in [0.29, 0.717) is 18.4 Å². The van der Waals surface area contributed by atoms with Gasteiger partial charge in [-0.2, -0.15) is 11.3 Å². The van der Waals surface area contributed by atoms with Gasteiger partial charge in [0.25, 0.3) is 0 Å². The third-order valence-corrected chi connectivity index (χ3v) is 3.55. The van der Waals surface area contributed by atoms with E-state index in [1.54, 1.807) is 11.3 Å². The van der Waals surface area contributed by atoms with E-state index in [4.69, 9.17) is 0 Å². The SMILES string of the molecule is Cc1cc(C(C)C)nc(NCC(O)c2ccsc2)n1. The maximum absolute atomic E-state index is 10.0. The number of hydrogen-bond donors (Lipinski definition) is 2. The van der Waals surface area contributed by atoms with Gasteiger partial charge in [0, 0.05) is 17.9 Å². The molecule has 0 aromatic carbocycles. The Morgan fingerprint density at radius 3 is 2.79 bits per heavy atom. The van der Waals surface area contributed by atoms with Gasteiger partial charge in [-0.05, 0) is 41.3 Å². The first-order valence-corrected chi connectivity index (χ1v) is 7.30. The van der Waals surface area contributed by atoms with Crippen LogP contribution in [0.5, 0.6) is 0 Å². The maximum atomic E-state index is 10.0. The summed E-state index contributed by atoms with van der Waals surface area (Å²) in [5.41, 5.74) is 2.88. The predicted octanol–water partition coefficient (Wildman–Crippen LogP) is 3.12. The molecule has 2 heterocycles. The molecule has 0 amide bonds. The summed E-state index contributed by atoms with van der Waals surface area (Å²) in [6.07, 6.45) is -0.530. The van der Waals surface area contributed by atoms with Crippen LogP contribution in [0.4, 0.5) is 5.95 Å². The van der Waals surface area contributed by atoms with Crippen LogP contribution in [-0.4, -0.2) is 21.6 Å². The van der Waals surface area contributed by atoms with Crippen LogP contribution < -0.4 is 5.32 Å². The molecule has 0 radical (unpaired) electrons. The Labute approximate surface area is 117 Å². The molecule has 2 aromatic heterocycles. The quantitative estimate of drug-likeness (QED) is 0.881. The minimum Gasteiger partial charge on any atom is -0.387 e. The lowest BCUT2D eigenvalue weighted by Gasteiger charge is -2.12. The first kappa shape index (κ1) is 14.0. The number of hydrogen-bond acceptors (Lipinski definition) is 5. The van der Waals surface area contributed by atoms with Gasteiger partial charge >= 0.3 is 0 Å². The fraction of sp³-hybridized carbons (Fsp3) is 0.429. The van der Waals surface area contributed by atoms with E-state index in [9.17, 15) is 5.11 Å². The third-order valence-electron chi connectivity index (χ3n) is 2.85. The lowest BCUT2D eigenvalue weighted by molar-refractivity contribution is 0.192. The molecular formula is C14H19N3OS. The van der Waals surface area contributed by atoms with Crippen LogP contribution in [0.3, 0.4) is 0 Å². The summed E-state index contributed by atoms with van der Waals surface area (Å²) >= 11 is 1.58. The molecular weight excluding hydrogens is 258 g/mol. The number of aliphatic hydroxyl groups is 1. The number of aromatic nitrogens is 2. The predicted molar refractivity (Wildman–Crippen MR) is 78.6 cm³/mol. The van der Waals surface area contributed by atoms with Crippen molar-refractivity contribution in [2.24, 2.45) is 0 Å². The number of nitrogens with one attached hydrogen (secondary N) is 1. The zero-order chi connectivity index (χ0) is 13.8. The smallest absolute Gasteiger partial charge is 0.223 e. The molecule has 0 spiro atoms. The molecule has 2 rings (SSSR count). The van der Waals surface area contributed by atoms with Crippen LogP contribution in [0.2, 0.25) is 0 Å². The van der Waals surface area contributed by atoms with Crippen molar-refractivity contribution in [3.05, 3.63) is 39.8 Å². The van der Waals surface area contributed by atoms with Gasteiger partial charge in [-0.25, -0.2) is 9.97 Å². The van der Waals surface area contributed by atoms with E-state index < -0.39 is 6.10 Å². The van der Waals surface area contributed by atoms with Gasteiger partial charge in [0.2, 0.25) is 5.95 Å². The number of anilines is 1. The van der Waals surface area contributed by atoms with Crippen LogP contribution in [0, 0.1) is 6.92 Å². The van der Waals surface area contributed by atoms with Crippen molar-refractivity contribution in [3.8, 4) is 0 Å². The Kier molecular flexibility index (Phi) is 4.50. The molecule has 0 aliphatic heterocycles. The van der Waals surface area contributed by atoms with Gasteiger partial charge < -0.3 is 10.4 Å². The zero-order valence-electron chi connectivity index (χ0n) is 11.4. The molecule has 19 heavy (non-hydrogen) atoms. The molecule has 0 aliphatic rings. The van der Waals surface area contributed by atoms with Gasteiger partial charge in [0.1, 0.15) is 0 Å². The van der Waals surface area contributed by atoms with E-state index in [1.807, 2.05) is 29.8 Å². The van der Waals surface area contributed by atoms with Gasteiger partial charge in [-0.15, -0.1) is 0 Å². The highest BCUT2D eigenvalue weighted by Gasteiger charge is 2.10. The molecule has 102 valence electrons. The highest BCUT2D eigenvalue weighted by molar-refractivity contribution is 7.07. The molecule has 1 atom stereocenters. The van der Waals surface area contributed by atoms with Crippen molar-refractivity contribution in [1.29, 1.82) is 0 Å². The monoisotopic (exact) mass is 277 g/mol. The molecule has 1 unspecified atom stereocenters. The van der Waals surface area contributed by atoms with Gasteiger partial charge in [-0.1, -0.05) is 13.8 Å². The fourth-order valence-electron chi connectivity index (χ4n) is 1.74. The highest BCUT2D eigenvalue weighted by Crippen LogP contribution is 2.18. The van der Waals surface area contributed by atoms with Crippen molar-refractivity contribution in [3.63, 3.8) is 0 Å². The van der Waals surface area contributed by atoms with E-state index in [2.05, 4.69) is 29.1 Å². The average Bonchev–Trinajstić information content (AvgIpc) is 2.89. The normalized spacial score (nSPS) is 12.7. The van der Waals surface area contributed by atoms with Crippen LogP contribution in [-0.2, 0) is 0 Å². The molecule has 0 saturated carbocycles. The van der Waals surface area contributed by atoms with Crippen molar-refractivity contribution < 1.29 is 5.11 Å². The van der Waals surface area contributed by atoms with E-state index in [1.165, 1.54) is 0 Å². The van der Waals surface area contributed by atoms with Crippen molar-refractivity contribution in [1.82, 2.24) is 9.97 Å². The Morgan fingerprint density at radius 1 is 1.37 bits per heavy atom. The molecule has 2 N–H and O–H groups in total. The molecule has 0 aliphatic carbocycles. The van der Waals surface area contributed by atoms with Crippen molar-refractivity contribution >= 4 is 17.3 Å². The maximum Gasteiger partial charge on any atom is 0.223 e. The summed E-state index contributed by atoms with van der Waals surface area (Å²) in [6, 6.07) is 3.92. The first-order valence-electron chi connectivity index (χ1n) is 6.36. The van der Waals surface area contributed by atoms with Gasteiger partial charge in [0.05, 0.1) is 6.10 Å². The molecule has 4 nitrogen and oxygen atoms in total. The lowest BCUT2D eigenvalue weighted by Crippen LogP contribution is -2.14. The second kappa shape index (κ2) is 6.12. The van der Waals surface area contributed by atoms with Crippen LogP contribution in [0.25, 0.3) is 0 Å². The summed E-state index contributed by atoms with van der Waals surface area (Å²) in [7, 11) is 0. The largest absolute Gasteiger partial charge is 0.387 e. The number of aryl methyl sites for hydroxylation is 1. The standard InChI is InChI=1S/C14H19N3OS/c1-9(2)12-6-10(3)16-14(17-12)15-7-13(18)11-4-5-19-8-11/h4-6,8-9,13,18H,7H2,1-3H3,(H,15,16,17). The Morgan fingerprint density at radius 2 is 2.16 bits per heavy atom. The second-order valence-electron chi connectivity index (χ2n) is 4.87. The zero-order valence-corrected chi connectivity index (χ0v) is 12.2. The molecule has 5 heteroatoms. The molecule has 0 saturated heterocycles. The third kappa shape index (κ3) is 3.75. The number of nitrogens with zero attached hydrogens (tertiary/aromatic N) is 2. The molecule has 0 bridgehead atoms. The summed E-state index contributed by atoms with van der Waals surface area (Å²) in [4.78, 5) is 8.79. The summed E-state index contributed by atoms with van der Waals surface area (Å²) in [5.74, 6) is 0.946. The van der Waals surface area contributed by atoms with Crippen molar-refractivity contribution in [2.45, 2.75) is 32.8 Å². The van der Waals surface area contributed by atoms with Crippen LogP contribution in [0.15, 0.2) is 22.9 Å². The highest BCUT2D eigenvalue weighted by atomic mass is 32.1. The summed E-state index contributed by atoms with van der Waals surface area (Å²) in [5, 5.41) is 17.0. The minimum absolute atomic E-state index is 0.365. The number of aliphatic hydroxyl groups excluding tert-OH is 1. The van der Waals surface area contributed by atoms with E-state index in [-0.39, 0.29) is 0 Å². The Balaban J connectivity index is 2.03. The van der Waals surface area contributed by atoms with E-state index in [0.717, 1.165) is 17.0 Å².